The van der Waals surface area contributed by atoms with Gasteiger partial charge < -0.3 is 24.6 Å². The van der Waals surface area contributed by atoms with Crippen LogP contribution in [0.2, 0.25) is 0 Å². The molecule has 0 aromatic heterocycles. The standard InChI is InChI=1S/C26H38N2O7S/c1-7-19(9-8-10-24(30)27-36(6,32)33)21(14-25(31)28-15-17(2)11-18(3)16-28)26-22(29)12-20(34-4)13-23(26)35-5/h7-10,12-13,17-18,21,24,27,29-30H,1,11,14-16H2,2-6H3/b10-8+,19-9+/t17-,18?,21-,24?/m1/s1. The number of phenols is 1. The predicted octanol–water partition coefficient (Wildman–Crippen LogP) is 2.92. The molecule has 4 atom stereocenters. The van der Waals surface area contributed by atoms with Gasteiger partial charge in [-0.2, -0.15) is 4.72 Å². The summed E-state index contributed by atoms with van der Waals surface area (Å²) in [6.45, 7) is 9.46. The van der Waals surface area contributed by atoms with Crippen molar-refractivity contribution in [2.45, 2.75) is 38.8 Å². The van der Waals surface area contributed by atoms with Crippen molar-refractivity contribution in [1.82, 2.24) is 9.62 Å². The number of benzene rings is 1. The van der Waals surface area contributed by atoms with Crippen LogP contribution in [0.25, 0.3) is 0 Å². The molecule has 0 saturated carbocycles. The van der Waals surface area contributed by atoms with E-state index < -0.39 is 22.2 Å². The van der Waals surface area contributed by atoms with Crippen molar-refractivity contribution in [2.24, 2.45) is 11.8 Å². The van der Waals surface area contributed by atoms with E-state index >= 15 is 0 Å². The SMILES string of the molecule is C=C/C(=C\C=C\C(O)NS(C)(=O)=O)[C@@H](CC(=O)N1CC(C)C[C@@H](C)C1)c1c(O)cc(OC)cc1OC. The van der Waals surface area contributed by atoms with Crippen molar-refractivity contribution in [3.8, 4) is 17.2 Å². The Bertz CT molecular complexity index is 1090. The first-order valence-electron chi connectivity index (χ1n) is 11.8. The highest BCUT2D eigenvalue weighted by molar-refractivity contribution is 7.88. The highest BCUT2D eigenvalue weighted by Gasteiger charge is 2.31. The zero-order valence-corrected chi connectivity index (χ0v) is 22.4. The molecular formula is C26H38N2O7S. The number of carbonyl (C=O) groups is 1. The average Bonchev–Trinajstić information content (AvgIpc) is 2.78. The Hall–Kier alpha value is -2.82. The summed E-state index contributed by atoms with van der Waals surface area (Å²) in [5, 5.41) is 20.8. The lowest BCUT2D eigenvalue weighted by Gasteiger charge is -2.36. The lowest BCUT2D eigenvalue weighted by atomic mass is 9.85. The van der Waals surface area contributed by atoms with Crippen LogP contribution in [0.4, 0.5) is 0 Å². The number of carbonyl (C=O) groups excluding carboxylic acids is 1. The maximum Gasteiger partial charge on any atom is 0.223 e. The summed E-state index contributed by atoms with van der Waals surface area (Å²) in [5.74, 6) is 0.734. The molecule has 0 bridgehead atoms. The van der Waals surface area contributed by atoms with E-state index in [4.69, 9.17) is 9.47 Å². The zero-order valence-electron chi connectivity index (χ0n) is 21.6. The first-order valence-corrected chi connectivity index (χ1v) is 13.7. The third-order valence-corrected chi connectivity index (χ3v) is 6.72. The van der Waals surface area contributed by atoms with Gasteiger partial charge in [0.05, 0.1) is 20.5 Å². The second-order valence-corrected chi connectivity index (χ2v) is 11.1. The van der Waals surface area contributed by atoms with Crippen LogP contribution in [0.5, 0.6) is 17.2 Å². The molecule has 3 N–H and O–H groups in total. The highest BCUT2D eigenvalue weighted by Crippen LogP contribution is 2.43. The number of methoxy groups -OCH3 is 2. The average molecular weight is 523 g/mol. The number of nitrogens with one attached hydrogen (secondary N) is 1. The molecule has 2 rings (SSSR count). The number of phenolic OH excluding ortho intramolecular Hbond substituents is 1. The van der Waals surface area contributed by atoms with Crippen molar-refractivity contribution < 1.29 is 32.9 Å². The minimum atomic E-state index is -3.60. The van der Waals surface area contributed by atoms with Crippen LogP contribution in [0.15, 0.2) is 48.6 Å². The van der Waals surface area contributed by atoms with E-state index in [0.717, 1.165) is 12.7 Å². The number of piperidine rings is 1. The first-order chi connectivity index (χ1) is 16.9. The number of sulfonamides is 1. The Morgan fingerprint density at radius 3 is 2.42 bits per heavy atom. The molecule has 0 radical (unpaired) electrons. The monoisotopic (exact) mass is 522 g/mol. The van der Waals surface area contributed by atoms with E-state index in [1.807, 2.05) is 9.62 Å². The number of allylic oxidation sites excluding steroid dienone is 4. The van der Waals surface area contributed by atoms with Gasteiger partial charge in [0.15, 0.2) is 0 Å². The van der Waals surface area contributed by atoms with Gasteiger partial charge in [-0.25, -0.2) is 8.42 Å². The minimum Gasteiger partial charge on any atom is -0.507 e. The van der Waals surface area contributed by atoms with Gasteiger partial charge in [0.1, 0.15) is 23.5 Å². The van der Waals surface area contributed by atoms with Crippen molar-refractivity contribution >= 4 is 15.9 Å². The van der Waals surface area contributed by atoms with E-state index in [1.165, 1.54) is 32.4 Å². The molecule has 1 aromatic carbocycles. The molecular weight excluding hydrogens is 484 g/mol. The molecule has 1 aromatic rings. The molecule has 1 saturated heterocycles. The Labute approximate surface area is 214 Å². The van der Waals surface area contributed by atoms with Crippen LogP contribution in [0, 0.1) is 11.8 Å². The Morgan fingerprint density at radius 1 is 1.25 bits per heavy atom. The summed E-state index contributed by atoms with van der Waals surface area (Å²) < 4.78 is 35.5. The van der Waals surface area contributed by atoms with Gasteiger partial charge in [0.25, 0.3) is 0 Å². The minimum absolute atomic E-state index is 0.0471. The molecule has 1 heterocycles. The topological polar surface area (TPSA) is 125 Å². The van der Waals surface area contributed by atoms with E-state index in [0.29, 0.717) is 47.6 Å². The number of aromatic hydroxyl groups is 1. The molecule has 36 heavy (non-hydrogen) atoms. The van der Waals surface area contributed by atoms with Crippen LogP contribution < -0.4 is 14.2 Å². The second-order valence-electron chi connectivity index (χ2n) is 9.35. The third kappa shape index (κ3) is 8.39. The zero-order chi connectivity index (χ0) is 27.0. The van der Waals surface area contributed by atoms with Gasteiger partial charge >= 0.3 is 0 Å². The fourth-order valence-electron chi connectivity index (χ4n) is 4.64. The molecule has 10 heteroatoms. The summed E-state index contributed by atoms with van der Waals surface area (Å²) in [4.78, 5) is 15.3. The fraction of sp³-hybridized carbons (Fsp3) is 0.500. The molecule has 1 aliphatic heterocycles. The van der Waals surface area contributed by atoms with Gasteiger partial charge in [-0.15, -0.1) is 0 Å². The Balaban J connectivity index is 2.49. The maximum absolute atomic E-state index is 13.4. The Morgan fingerprint density at radius 2 is 1.89 bits per heavy atom. The fourth-order valence-corrected chi connectivity index (χ4v) is 5.16. The number of ether oxygens (including phenoxy) is 2. The number of hydrogen-bond acceptors (Lipinski definition) is 7. The summed E-state index contributed by atoms with van der Waals surface area (Å²) in [6, 6.07) is 3.09. The van der Waals surface area contributed by atoms with E-state index in [2.05, 4.69) is 20.4 Å². The lowest BCUT2D eigenvalue weighted by Crippen LogP contribution is -2.43. The molecule has 2 unspecified atom stereocenters. The number of amides is 1. The van der Waals surface area contributed by atoms with Gasteiger partial charge in [-0.1, -0.05) is 38.7 Å². The third-order valence-electron chi connectivity index (χ3n) is 6.05. The van der Waals surface area contributed by atoms with Crippen molar-refractivity contribution in [3.63, 3.8) is 0 Å². The van der Waals surface area contributed by atoms with Crippen LogP contribution >= 0.6 is 0 Å². The number of nitrogens with zero attached hydrogens (tertiary/aromatic N) is 1. The maximum atomic E-state index is 13.4. The molecule has 0 aliphatic carbocycles. The van der Waals surface area contributed by atoms with E-state index in [1.54, 1.807) is 18.2 Å². The lowest BCUT2D eigenvalue weighted by molar-refractivity contribution is -0.134. The molecule has 0 spiro atoms. The van der Waals surface area contributed by atoms with Gasteiger partial charge in [-0.05, 0) is 29.9 Å². The summed E-state index contributed by atoms with van der Waals surface area (Å²) in [7, 11) is -0.659. The number of aliphatic hydroxyl groups is 1. The van der Waals surface area contributed by atoms with Crippen LogP contribution in [0.1, 0.15) is 38.2 Å². The first kappa shape index (κ1) is 29.4. The van der Waals surface area contributed by atoms with Crippen molar-refractivity contribution in [2.75, 3.05) is 33.6 Å². The Kier molecular flexibility index (Phi) is 10.6. The van der Waals surface area contributed by atoms with Gasteiger partial charge in [-0.3, -0.25) is 4.79 Å². The summed E-state index contributed by atoms with van der Waals surface area (Å²) >= 11 is 0. The summed E-state index contributed by atoms with van der Waals surface area (Å²) in [6.07, 6.45) is 6.52. The molecule has 9 nitrogen and oxygen atoms in total. The number of rotatable bonds is 11. The normalized spacial score (nSPS) is 20.7. The second kappa shape index (κ2) is 12.9. The number of hydrogen-bond donors (Lipinski definition) is 3. The van der Waals surface area contributed by atoms with Crippen molar-refractivity contribution in [1.29, 1.82) is 0 Å². The van der Waals surface area contributed by atoms with Crippen molar-refractivity contribution in [3.05, 3.63) is 54.2 Å². The van der Waals surface area contributed by atoms with E-state index in [-0.39, 0.29) is 18.1 Å². The quantitative estimate of drug-likeness (QED) is 0.301. The smallest absolute Gasteiger partial charge is 0.223 e. The van der Waals surface area contributed by atoms with Crippen LogP contribution in [-0.2, 0) is 14.8 Å². The van der Waals surface area contributed by atoms with Crippen LogP contribution in [0.3, 0.4) is 0 Å². The highest BCUT2D eigenvalue weighted by atomic mass is 32.2. The molecule has 1 amide bonds. The van der Waals surface area contributed by atoms with E-state index in [9.17, 15) is 23.4 Å². The number of likely N-dealkylation sites (tertiary alicyclic amines) is 1. The van der Waals surface area contributed by atoms with Crippen LogP contribution in [-0.4, -0.2) is 69.2 Å². The predicted molar refractivity (Wildman–Crippen MR) is 140 cm³/mol. The molecule has 200 valence electrons. The summed E-state index contributed by atoms with van der Waals surface area (Å²) in [5.41, 5.74) is 0.974. The van der Waals surface area contributed by atoms with Gasteiger partial charge in [0, 0.05) is 43.1 Å². The molecule has 1 fully saturated rings. The van der Waals surface area contributed by atoms with Gasteiger partial charge in [0.2, 0.25) is 15.9 Å². The number of aliphatic hydroxyl groups excluding tert-OH is 1. The molecule has 1 aliphatic rings. The largest absolute Gasteiger partial charge is 0.507 e.